The predicted molar refractivity (Wildman–Crippen MR) is 80.7 cm³/mol. The fourth-order valence-electron chi connectivity index (χ4n) is 2.65. The van der Waals surface area contributed by atoms with E-state index in [1.54, 1.807) is 7.11 Å². The molecule has 2 nitrogen and oxygen atoms in total. The maximum atomic E-state index is 6.10. The number of anilines is 1. The van der Waals surface area contributed by atoms with Crippen LogP contribution in [0.5, 0.6) is 5.75 Å². The zero-order valence-corrected chi connectivity index (χ0v) is 13.4. The minimum absolute atomic E-state index is 0.431. The Morgan fingerprint density at radius 2 is 2.17 bits per heavy atom. The smallest absolute Gasteiger partial charge is 0.156 e. The standard InChI is InChI=1S/C14H19BrClNO/c1-14(2)5-4-10(8-14)17-12-7-9(16)6-11(15)13(12)18-3/h6-7,10,17H,4-5,8H2,1-3H3. The van der Waals surface area contributed by atoms with Crippen LogP contribution in [0.1, 0.15) is 33.1 Å². The van der Waals surface area contributed by atoms with E-state index in [1.165, 1.54) is 19.3 Å². The molecule has 1 aromatic rings. The van der Waals surface area contributed by atoms with Gasteiger partial charge in [-0.2, -0.15) is 0 Å². The fourth-order valence-corrected chi connectivity index (χ4v) is 3.63. The second-order valence-electron chi connectivity index (χ2n) is 5.72. The lowest BCUT2D eigenvalue weighted by Crippen LogP contribution is -2.18. The van der Waals surface area contributed by atoms with E-state index < -0.39 is 0 Å². The van der Waals surface area contributed by atoms with Gasteiger partial charge in [0.1, 0.15) is 0 Å². The lowest BCUT2D eigenvalue weighted by molar-refractivity contribution is 0.378. The van der Waals surface area contributed by atoms with Crippen molar-refractivity contribution in [2.75, 3.05) is 12.4 Å². The van der Waals surface area contributed by atoms with Crippen LogP contribution in [0, 0.1) is 5.41 Å². The van der Waals surface area contributed by atoms with Gasteiger partial charge in [-0.15, -0.1) is 0 Å². The van der Waals surface area contributed by atoms with Crippen LogP contribution in [-0.2, 0) is 0 Å². The van der Waals surface area contributed by atoms with Crippen molar-refractivity contribution >= 4 is 33.2 Å². The SMILES string of the molecule is COc1c(Br)cc(Cl)cc1NC1CCC(C)(C)C1. The highest BCUT2D eigenvalue weighted by Crippen LogP contribution is 2.41. The van der Waals surface area contributed by atoms with E-state index in [9.17, 15) is 0 Å². The fraction of sp³-hybridized carbons (Fsp3) is 0.571. The van der Waals surface area contributed by atoms with Crippen molar-refractivity contribution in [2.45, 2.75) is 39.2 Å². The molecule has 0 radical (unpaired) electrons. The van der Waals surface area contributed by atoms with Gasteiger partial charge in [0.25, 0.3) is 0 Å². The topological polar surface area (TPSA) is 21.3 Å². The summed E-state index contributed by atoms with van der Waals surface area (Å²) in [6.07, 6.45) is 3.63. The van der Waals surface area contributed by atoms with Crippen molar-refractivity contribution in [2.24, 2.45) is 5.41 Å². The average Bonchev–Trinajstić information content (AvgIpc) is 2.57. The van der Waals surface area contributed by atoms with Crippen LogP contribution in [0.3, 0.4) is 0 Å². The van der Waals surface area contributed by atoms with Crippen LogP contribution in [0.15, 0.2) is 16.6 Å². The molecule has 1 saturated carbocycles. The highest BCUT2D eigenvalue weighted by atomic mass is 79.9. The Hall–Kier alpha value is -0.410. The highest BCUT2D eigenvalue weighted by molar-refractivity contribution is 9.10. The molecule has 0 spiro atoms. The number of rotatable bonds is 3. The number of ether oxygens (including phenoxy) is 1. The largest absolute Gasteiger partial charge is 0.493 e. The first-order valence-electron chi connectivity index (χ1n) is 6.21. The van der Waals surface area contributed by atoms with Gasteiger partial charge in [0.15, 0.2) is 5.75 Å². The molecule has 0 aliphatic heterocycles. The summed E-state index contributed by atoms with van der Waals surface area (Å²) in [4.78, 5) is 0. The zero-order valence-electron chi connectivity index (χ0n) is 11.0. The molecule has 1 N–H and O–H groups in total. The van der Waals surface area contributed by atoms with Crippen LogP contribution in [0.25, 0.3) is 0 Å². The van der Waals surface area contributed by atoms with Gasteiger partial charge < -0.3 is 10.1 Å². The number of hydrogen-bond acceptors (Lipinski definition) is 2. The van der Waals surface area contributed by atoms with Gasteiger partial charge in [0.2, 0.25) is 0 Å². The first kappa shape index (κ1) is 14.0. The molecule has 0 bridgehead atoms. The first-order valence-corrected chi connectivity index (χ1v) is 7.38. The number of nitrogens with one attached hydrogen (secondary N) is 1. The Labute approximate surface area is 122 Å². The normalized spacial score (nSPS) is 21.9. The van der Waals surface area contributed by atoms with Crippen molar-refractivity contribution in [3.63, 3.8) is 0 Å². The monoisotopic (exact) mass is 331 g/mol. The highest BCUT2D eigenvalue weighted by Gasteiger charge is 2.31. The van der Waals surface area contributed by atoms with Crippen LogP contribution < -0.4 is 10.1 Å². The Morgan fingerprint density at radius 1 is 1.44 bits per heavy atom. The molecule has 100 valence electrons. The minimum atomic E-state index is 0.431. The summed E-state index contributed by atoms with van der Waals surface area (Å²) in [5.74, 6) is 0.823. The summed E-state index contributed by atoms with van der Waals surface area (Å²) in [6, 6.07) is 4.28. The molecule has 2 rings (SSSR count). The molecule has 1 unspecified atom stereocenters. The van der Waals surface area contributed by atoms with Crippen molar-refractivity contribution in [1.82, 2.24) is 0 Å². The molecule has 18 heavy (non-hydrogen) atoms. The van der Waals surface area contributed by atoms with Crippen molar-refractivity contribution in [1.29, 1.82) is 0 Å². The van der Waals surface area contributed by atoms with E-state index >= 15 is 0 Å². The van der Waals surface area contributed by atoms with Crippen LogP contribution in [0.4, 0.5) is 5.69 Å². The summed E-state index contributed by atoms with van der Waals surface area (Å²) in [5.41, 5.74) is 1.40. The Morgan fingerprint density at radius 3 is 2.72 bits per heavy atom. The lowest BCUT2D eigenvalue weighted by atomic mass is 9.92. The van der Waals surface area contributed by atoms with E-state index in [4.69, 9.17) is 16.3 Å². The van der Waals surface area contributed by atoms with Gasteiger partial charge in [-0.1, -0.05) is 25.4 Å². The van der Waals surface area contributed by atoms with Crippen LogP contribution in [0.2, 0.25) is 5.02 Å². The van der Waals surface area contributed by atoms with E-state index in [1.807, 2.05) is 12.1 Å². The van der Waals surface area contributed by atoms with Gasteiger partial charge in [-0.25, -0.2) is 0 Å². The maximum absolute atomic E-state index is 6.10. The lowest BCUT2D eigenvalue weighted by Gasteiger charge is -2.20. The third-order valence-corrected chi connectivity index (χ3v) is 4.35. The molecule has 0 aromatic heterocycles. The van der Waals surface area contributed by atoms with Gasteiger partial charge in [0.05, 0.1) is 17.3 Å². The second kappa shape index (κ2) is 5.30. The van der Waals surface area contributed by atoms with Gasteiger partial charge >= 0.3 is 0 Å². The maximum Gasteiger partial charge on any atom is 0.156 e. The molecule has 0 saturated heterocycles. The van der Waals surface area contributed by atoms with Crippen LogP contribution >= 0.6 is 27.5 Å². The van der Waals surface area contributed by atoms with E-state index in [2.05, 4.69) is 35.1 Å². The third kappa shape index (κ3) is 3.12. The quantitative estimate of drug-likeness (QED) is 0.831. The van der Waals surface area contributed by atoms with Crippen molar-refractivity contribution < 1.29 is 4.74 Å². The van der Waals surface area contributed by atoms with E-state index in [-0.39, 0.29) is 0 Å². The van der Waals surface area contributed by atoms with Crippen molar-refractivity contribution in [3.8, 4) is 5.75 Å². The first-order chi connectivity index (χ1) is 8.41. The number of benzene rings is 1. The summed E-state index contributed by atoms with van der Waals surface area (Å²) in [5, 5.41) is 4.27. The molecule has 1 atom stereocenters. The second-order valence-corrected chi connectivity index (χ2v) is 7.01. The molecule has 1 aliphatic rings. The van der Waals surface area contributed by atoms with Crippen molar-refractivity contribution in [3.05, 3.63) is 21.6 Å². The summed E-state index contributed by atoms with van der Waals surface area (Å²) in [7, 11) is 1.68. The van der Waals surface area contributed by atoms with Crippen LogP contribution in [-0.4, -0.2) is 13.2 Å². The molecule has 4 heteroatoms. The molecule has 1 fully saturated rings. The van der Waals surface area contributed by atoms with Gasteiger partial charge in [-0.05, 0) is 52.7 Å². The average molecular weight is 333 g/mol. The molecule has 0 amide bonds. The number of methoxy groups -OCH3 is 1. The van der Waals surface area contributed by atoms with Gasteiger partial charge in [0, 0.05) is 11.1 Å². The number of halogens is 2. The summed E-state index contributed by atoms with van der Waals surface area (Å²) < 4.78 is 6.31. The molecular formula is C14H19BrClNO. The molecular weight excluding hydrogens is 314 g/mol. The zero-order chi connectivity index (χ0) is 13.3. The Balaban J connectivity index is 2.19. The Kier molecular flexibility index (Phi) is 4.12. The van der Waals surface area contributed by atoms with E-state index in [0.717, 1.165) is 15.9 Å². The molecule has 0 heterocycles. The van der Waals surface area contributed by atoms with E-state index in [0.29, 0.717) is 16.5 Å². The third-order valence-electron chi connectivity index (χ3n) is 3.54. The summed E-state index contributed by atoms with van der Waals surface area (Å²) >= 11 is 9.58. The number of hydrogen-bond donors (Lipinski definition) is 1. The van der Waals surface area contributed by atoms with Gasteiger partial charge in [-0.3, -0.25) is 0 Å². The predicted octanol–water partition coefficient (Wildman–Crippen LogP) is 5.10. The Bertz CT molecular complexity index is 448. The minimum Gasteiger partial charge on any atom is -0.493 e. The summed E-state index contributed by atoms with van der Waals surface area (Å²) in [6.45, 7) is 4.64. The molecule has 1 aromatic carbocycles. The molecule has 1 aliphatic carbocycles.